The first-order chi connectivity index (χ1) is 9.65. The molecule has 100 valence electrons. The van der Waals surface area contributed by atoms with Gasteiger partial charge in [-0.15, -0.1) is 0 Å². The molecule has 1 heterocycles. The standard InChI is InChI=1S/C15H10F2N2O/c16-10-8-15(11(17)7-12(10)18)20-14-5-6-19-13-4-2-1-3-9(13)14/h1-8H,18H2. The quantitative estimate of drug-likeness (QED) is 0.720. The zero-order valence-electron chi connectivity index (χ0n) is 10.3. The molecule has 0 bridgehead atoms. The summed E-state index contributed by atoms with van der Waals surface area (Å²) in [5, 5.41) is 0.714. The number of nitrogen functional groups attached to an aromatic ring is 1. The van der Waals surface area contributed by atoms with Crippen molar-refractivity contribution >= 4 is 16.6 Å². The fourth-order valence-corrected chi connectivity index (χ4v) is 1.90. The van der Waals surface area contributed by atoms with Crippen LogP contribution in [-0.2, 0) is 0 Å². The van der Waals surface area contributed by atoms with Crippen LogP contribution in [0.1, 0.15) is 0 Å². The molecule has 20 heavy (non-hydrogen) atoms. The molecule has 1 aromatic heterocycles. The van der Waals surface area contributed by atoms with Gasteiger partial charge in [-0.1, -0.05) is 12.1 Å². The first kappa shape index (κ1) is 12.3. The van der Waals surface area contributed by atoms with E-state index in [1.165, 1.54) is 0 Å². The number of halogens is 2. The number of hydrogen-bond donors (Lipinski definition) is 1. The number of fused-ring (bicyclic) bond motifs is 1. The van der Waals surface area contributed by atoms with Crippen LogP contribution in [0.25, 0.3) is 10.9 Å². The Morgan fingerprint density at radius 1 is 0.950 bits per heavy atom. The number of nitrogens with two attached hydrogens (primary N) is 1. The molecule has 2 aromatic carbocycles. The van der Waals surface area contributed by atoms with E-state index in [-0.39, 0.29) is 11.4 Å². The smallest absolute Gasteiger partial charge is 0.167 e. The third kappa shape index (κ3) is 2.14. The number of hydrogen-bond acceptors (Lipinski definition) is 3. The lowest BCUT2D eigenvalue weighted by molar-refractivity contribution is 0.441. The Balaban J connectivity index is 2.08. The van der Waals surface area contributed by atoms with Gasteiger partial charge in [0, 0.05) is 23.7 Å². The number of aromatic nitrogens is 1. The highest BCUT2D eigenvalue weighted by Crippen LogP contribution is 2.31. The Morgan fingerprint density at radius 2 is 1.75 bits per heavy atom. The van der Waals surface area contributed by atoms with Gasteiger partial charge in [0.15, 0.2) is 11.6 Å². The van der Waals surface area contributed by atoms with Gasteiger partial charge in [0.1, 0.15) is 11.6 Å². The number of para-hydroxylation sites is 1. The van der Waals surface area contributed by atoms with Gasteiger partial charge in [-0.2, -0.15) is 0 Å². The van der Waals surface area contributed by atoms with Crippen LogP contribution in [0.15, 0.2) is 48.7 Å². The van der Waals surface area contributed by atoms with E-state index in [4.69, 9.17) is 10.5 Å². The fourth-order valence-electron chi connectivity index (χ4n) is 1.90. The predicted molar refractivity (Wildman–Crippen MR) is 72.6 cm³/mol. The molecule has 0 aliphatic carbocycles. The van der Waals surface area contributed by atoms with Gasteiger partial charge in [-0.3, -0.25) is 4.98 Å². The lowest BCUT2D eigenvalue weighted by Crippen LogP contribution is -1.96. The molecule has 0 saturated carbocycles. The first-order valence-corrected chi connectivity index (χ1v) is 5.91. The van der Waals surface area contributed by atoms with Crippen LogP contribution in [0.3, 0.4) is 0 Å². The first-order valence-electron chi connectivity index (χ1n) is 5.91. The molecule has 0 fully saturated rings. The summed E-state index contributed by atoms with van der Waals surface area (Å²) in [4.78, 5) is 4.17. The largest absolute Gasteiger partial charge is 0.453 e. The van der Waals surface area contributed by atoms with Crippen molar-refractivity contribution in [2.45, 2.75) is 0 Å². The van der Waals surface area contributed by atoms with E-state index >= 15 is 0 Å². The third-order valence-electron chi connectivity index (χ3n) is 2.88. The molecule has 0 amide bonds. The number of anilines is 1. The summed E-state index contributed by atoms with van der Waals surface area (Å²) in [6.45, 7) is 0. The Labute approximate surface area is 113 Å². The molecule has 2 N–H and O–H groups in total. The van der Waals surface area contributed by atoms with Crippen LogP contribution in [0, 0.1) is 11.6 Å². The number of benzene rings is 2. The number of ether oxygens (including phenoxy) is 1. The van der Waals surface area contributed by atoms with E-state index in [1.54, 1.807) is 18.3 Å². The van der Waals surface area contributed by atoms with Crippen LogP contribution in [0.5, 0.6) is 11.5 Å². The second-order valence-electron chi connectivity index (χ2n) is 4.23. The van der Waals surface area contributed by atoms with Gasteiger partial charge in [0.05, 0.1) is 11.2 Å². The van der Waals surface area contributed by atoms with Crippen molar-refractivity contribution in [1.82, 2.24) is 4.98 Å². The van der Waals surface area contributed by atoms with Gasteiger partial charge in [0.25, 0.3) is 0 Å². The van der Waals surface area contributed by atoms with E-state index in [0.29, 0.717) is 16.7 Å². The maximum Gasteiger partial charge on any atom is 0.167 e. The maximum absolute atomic E-state index is 13.7. The molecule has 0 aliphatic heterocycles. The van der Waals surface area contributed by atoms with Crippen LogP contribution in [0.4, 0.5) is 14.5 Å². The van der Waals surface area contributed by atoms with Crippen molar-refractivity contribution in [3.05, 3.63) is 60.3 Å². The van der Waals surface area contributed by atoms with Crippen molar-refractivity contribution in [2.24, 2.45) is 0 Å². The van der Waals surface area contributed by atoms with Gasteiger partial charge in [-0.25, -0.2) is 8.78 Å². The number of pyridine rings is 1. The Morgan fingerprint density at radius 3 is 2.60 bits per heavy atom. The summed E-state index contributed by atoms with van der Waals surface area (Å²) in [5.41, 5.74) is 5.75. The average molecular weight is 272 g/mol. The van der Waals surface area contributed by atoms with Crippen LogP contribution in [-0.4, -0.2) is 4.98 Å². The molecule has 0 saturated heterocycles. The normalized spacial score (nSPS) is 10.7. The monoisotopic (exact) mass is 272 g/mol. The summed E-state index contributed by atoms with van der Waals surface area (Å²) in [6.07, 6.45) is 1.54. The molecular formula is C15H10F2N2O. The highest BCUT2D eigenvalue weighted by molar-refractivity contribution is 5.84. The summed E-state index contributed by atoms with van der Waals surface area (Å²) in [6, 6.07) is 10.7. The molecule has 0 radical (unpaired) electrons. The molecule has 3 aromatic rings. The molecule has 5 heteroatoms. The van der Waals surface area contributed by atoms with E-state index < -0.39 is 11.6 Å². The minimum Gasteiger partial charge on any atom is -0.453 e. The minimum atomic E-state index is -0.722. The lowest BCUT2D eigenvalue weighted by atomic mass is 10.2. The Hall–Kier alpha value is -2.69. The van der Waals surface area contributed by atoms with Gasteiger partial charge < -0.3 is 10.5 Å². The van der Waals surface area contributed by atoms with Gasteiger partial charge in [-0.05, 0) is 18.2 Å². The van der Waals surface area contributed by atoms with Crippen LogP contribution in [0.2, 0.25) is 0 Å². The SMILES string of the molecule is Nc1cc(F)c(Oc2ccnc3ccccc23)cc1F. The fraction of sp³-hybridized carbons (Fsp3) is 0. The lowest BCUT2D eigenvalue weighted by Gasteiger charge is -2.10. The van der Waals surface area contributed by atoms with Crippen molar-refractivity contribution in [3.63, 3.8) is 0 Å². The van der Waals surface area contributed by atoms with Crippen molar-refractivity contribution in [2.75, 3.05) is 5.73 Å². The zero-order valence-corrected chi connectivity index (χ0v) is 10.3. The summed E-state index contributed by atoms with van der Waals surface area (Å²) in [7, 11) is 0. The molecule has 3 rings (SSSR count). The Kier molecular flexibility index (Phi) is 2.95. The molecule has 3 nitrogen and oxygen atoms in total. The van der Waals surface area contributed by atoms with Gasteiger partial charge >= 0.3 is 0 Å². The van der Waals surface area contributed by atoms with E-state index in [1.807, 2.05) is 18.2 Å². The highest BCUT2D eigenvalue weighted by atomic mass is 19.1. The van der Waals surface area contributed by atoms with Gasteiger partial charge in [0.2, 0.25) is 0 Å². The zero-order chi connectivity index (χ0) is 14.1. The maximum atomic E-state index is 13.7. The van der Waals surface area contributed by atoms with Crippen LogP contribution < -0.4 is 10.5 Å². The second kappa shape index (κ2) is 4.77. The van der Waals surface area contributed by atoms with Crippen molar-refractivity contribution in [1.29, 1.82) is 0 Å². The predicted octanol–water partition coefficient (Wildman–Crippen LogP) is 3.89. The third-order valence-corrected chi connectivity index (χ3v) is 2.88. The molecule has 0 unspecified atom stereocenters. The summed E-state index contributed by atoms with van der Waals surface area (Å²) in [5.74, 6) is -1.25. The molecule has 0 spiro atoms. The number of rotatable bonds is 2. The Bertz CT molecular complexity index is 785. The van der Waals surface area contributed by atoms with E-state index in [2.05, 4.69) is 4.98 Å². The topological polar surface area (TPSA) is 48.1 Å². The molecule has 0 atom stereocenters. The average Bonchev–Trinajstić information content (AvgIpc) is 2.45. The molecular weight excluding hydrogens is 262 g/mol. The molecule has 0 aliphatic rings. The highest BCUT2D eigenvalue weighted by Gasteiger charge is 2.11. The minimum absolute atomic E-state index is 0.215. The van der Waals surface area contributed by atoms with E-state index in [9.17, 15) is 8.78 Å². The van der Waals surface area contributed by atoms with Crippen LogP contribution >= 0.6 is 0 Å². The number of nitrogens with zero attached hydrogens (tertiary/aromatic N) is 1. The van der Waals surface area contributed by atoms with Crippen molar-refractivity contribution < 1.29 is 13.5 Å². The van der Waals surface area contributed by atoms with Crippen molar-refractivity contribution in [3.8, 4) is 11.5 Å². The summed E-state index contributed by atoms with van der Waals surface area (Å²) >= 11 is 0. The second-order valence-corrected chi connectivity index (χ2v) is 4.23. The summed E-state index contributed by atoms with van der Waals surface area (Å²) < 4.78 is 32.6. The van der Waals surface area contributed by atoms with E-state index in [0.717, 1.165) is 12.1 Å².